The van der Waals surface area contributed by atoms with E-state index in [-0.39, 0.29) is 13.2 Å². The molecule has 0 aromatic heterocycles. The summed E-state index contributed by atoms with van der Waals surface area (Å²) in [6, 6.07) is 16.3. The maximum atomic E-state index is 12.0. The molecular formula is C21H19NO4. The lowest BCUT2D eigenvalue weighted by molar-refractivity contribution is -0.139. The molecule has 0 aliphatic heterocycles. The summed E-state index contributed by atoms with van der Waals surface area (Å²) in [5.41, 5.74) is 3.29. The normalized spacial score (nSPS) is 9.85. The van der Waals surface area contributed by atoms with Gasteiger partial charge in [0.15, 0.2) is 0 Å². The number of rotatable bonds is 7. The van der Waals surface area contributed by atoms with Crippen LogP contribution >= 0.6 is 0 Å². The summed E-state index contributed by atoms with van der Waals surface area (Å²) in [6.07, 6.45) is 0.425. The zero-order valence-corrected chi connectivity index (χ0v) is 14.5. The van der Waals surface area contributed by atoms with E-state index in [9.17, 15) is 9.59 Å². The number of nitrogens with zero attached hydrogens (tertiary/aromatic N) is 1. The van der Waals surface area contributed by atoms with Crippen molar-refractivity contribution < 1.29 is 19.1 Å². The fourth-order valence-corrected chi connectivity index (χ4v) is 2.13. The minimum atomic E-state index is -0.449. The first-order chi connectivity index (χ1) is 12.5. The summed E-state index contributed by atoms with van der Waals surface area (Å²) in [6.45, 7) is 5.40. The van der Waals surface area contributed by atoms with Crippen molar-refractivity contribution in [3.05, 3.63) is 71.8 Å². The number of esters is 2. The van der Waals surface area contributed by atoms with Gasteiger partial charge in [-0.1, -0.05) is 30.8 Å². The highest BCUT2D eigenvalue weighted by molar-refractivity contribution is 5.90. The van der Waals surface area contributed by atoms with Crippen LogP contribution in [0.25, 0.3) is 11.1 Å². The molecule has 0 saturated carbocycles. The van der Waals surface area contributed by atoms with Crippen molar-refractivity contribution in [2.75, 3.05) is 13.2 Å². The molecule has 0 aliphatic rings. The highest BCUT2D eigenvalue weighted by atomic mass is 16.5. The summed E-state index contributed by atoms with van der Waals surface area (Å²) in [7, 11) is 0. The molecule has 0 heterocycles. The number of hydrogen-bond donors (Lipinski definition) is 0. The van der Waals surface area contributed by atoms with Crippen molar-refractivity contribution in [3.63, 3.8) is 0 Å². The van der Waals surface area contributed by atoms with Gasteiger partial charge in [-0.2, -0.15) is 5.26 Å². The first-order valence-corrected chi connectivity index (χ1v) is 8.11. The quantitative estimate of drug-likeness (QED) is 0.430. The molecule has 0 N–H and O–H groups in total. The summed E-state index contributed by atoms with van der Waals surface area (Å²) in [5, 5.41) is 8.82. The molecule has 0 spiro atoms. The van der Waals surface area contributed by atoms with Gasteiger partial charge in [-0.25, -0.2) is 9.59 Å². The van der Waals surface area contributed by atoms with Crippen molar-refractivity contribution in [3.8, 4) is 17.2 Å². The zero-order chi connectivity index (χ0) is 18.9. The van der Waals surface area contributed by atoms with Gasteiger partial charge < -0.3 is 9.47 Å². The highest BCUT2D eigenvalue weighted by Crippen LogP contribution is 2.20. The number of benzene rings is 2. The van der Waals surface area contributed by atoms with E-state index in [0.717, 1.165) is 11.1 Å². The summed E-state index contributed by atoms with van der Waals surface area (Å²) in [5.74, 6) is -0.877. The minimum Gasteiger partial charge on any atom is -0.462 e. The lowest BCUT2D eigenvalue weighted by Gasteiger charge is -2.07. The van der Waals surface area contributed by atoms with Crippen LogP contribution in [0.1, 0.15) is 29.3 Å². The molecule has 0 aliphatic carbocycles. The topological polar surface area (TPSA) is 76.4 Å². The van der Waals surface area contributed by atoms with E-state index in [1.54, 1.807) is 31.2 Å². The fraction of sp³-hybridized carbons (Fsp3) is 0.190. The molecule has 0 unspecified atom stereocenters. The lowest BCUT2D eigenvalue weighted by Crippen LogP contribution is -2.11. The second-order valence-electron chi connectivity index (χ2n) is 5.67. The summed E-state index contributed by atoms with van der Waals surface area (Å²) < 4.78 is 10.1. The summed E-state index contributed by atoms with van der Waals surface area (Å²) >= 11 is 0. The number of nitriles is 1. The average Bonchev–Trinajstić information content (AvgIpc) is 2.67. The Morgan fingerprint density at radius 3 is 2.04 bits per heavy atom. The average molecular weight is 349 g/mol. The third kappa shape index (κ3) is 5.32. The number of carbonyl (C=O) groups excluding carboxylic acids is 2. The smallest absolute Gasteiger partial charge is 0.338 e. The van der Waals surface area contributed by atoms with Crippen LogP contribution in [0.5, 0.6) is 0 Å². The van der Waals surface area contributed by atoms with E-state index in [0.29, 0.717) is 23.1 Å². The summed E-state index contributed by atoms with van der Waals surface area (Å²) in [4.78, 5) is 23.2. The van der Waals surface area contributed by atoms with Gasteiger partial charge in [-0.15, -0.1) is 0 Å². The lowest BCUT2D eigenvalue weighted by atomic mass is 10.0. The second kappa shape index (κ2) is 9.19. The van der Waals surface area contributed by atoms with E-state index in [4.69, 9.17) is 14.7 Å². The van der Waals surface area contributed by atoms with Crippen LogP contribution in [0.2, 0.25) is 0 Å². The molecule has 0 amide bonds. The molecule has 0 fully saturated rings. The molecule has 132 valence electrons. The Hall–Kier alpha value is -3.39. The number of hydrogen-bond acceptors (Lipinski definition) is 5. The van der Waals surface area contributed by atoms with Crippen molar-refractivity contribution in [2.24, 2.45) is 0 Å². The van der Waals surface area contributed by atoms with Crippen LogP contribution < -0.4 is 0 Å². The van der Waals surface area contributed by atoms with Crippen LogP contribution in [0, 0.1) is 11.3 Å². The van der Waals surface area contributed by atoms with Crippen LogP contribution in [-0.2, 0) is 14.3 Å². The van der Waals surface area contributed by atoms with Gasteiger partial charge in [0.25, 0.3) is 0 Å². The van der Waals surface area contributed by atoms with E-state index >= 15 is 0 Å². The van der Waals surface area contributed by atoms with Gasteiger partial charge in [0.1, 0.15) is 0 Å². The van der Waals surface area contributed by atoms with Crippen LogP contribution in [0.3, 0.4) is 0 Å². The van der Waals surface area contributed by atoms with Crippen molar-refractivity contribution in [1.29, 1.82) is 5.26 Å². The minimum absolute atomic E-state index is 0.166. The molecule has 0 saturated heterocycles. The maximum Gasteiger partial charge on any atom is 0.338 e. The van der Waals surface area contributed by atoms with Gasteiger partial charge in [-0.05, 0) is 42.3 Å². The van der Waals surface area contributed by atoms with Crippen LogP contribution in [0.4, 0.5) is 0 Å². The van der Waals surface area contributed by atoms with Crippen molar-refractivity contribution >= 4 is 11.9 Å². The molecule has 5 heteroatoms. The number of carbonyl (C=O) groups is 2. The number of ether oxygens (including phenoxy) is 2. The Morgan fingerprint density at radius 2 is 1.50 bits per heavy atom. The predicted molar refractivity (Wildman–Crippen MR) is 97.3 cm³/mol. The first-order valence-electron chi connectivity index (χ1n) is 8.11. The fourth-order valence-electron chi connectivity index (χ4n) is 2.13. The zero-order valence-electron chi connectivity index (χ0n) is 14.5. The Kier molecular flexibility index (Phi) is 6.69. The molecule has 5 nitrogen and oxygen atoms in total. The van der Waals surface area contributed by atoms with E-state index < -0.39 is 11.9 Å². The van der Waals surface area contributed by atoms with E-state index in [1.165, 1.54) is 0 Å². The molecule has 26 heavy (non-hydrogen) atoms. The SMILES string of the molecule is C=C(C)C(=O)OCCCOC(=O)c1ccc(-c2ccc(C#N)cc2)cc1. The largest absolute Gasteiger partial charge is 0.462 e. The Morgan fingerprint density at radius 1 is 0.962 bits per heavy atom. The standard InChI is InChI=1S/C21H19NO4/c1-15(2)20(23)25-12-3-13-26-21(24)19-10-8-18(9-11-19)17-6-4-16(14-22)5-7-17/h4-11H,1,3,12-13H2,2H3. The van der Waals surface area contributed by atoms with Crippen LogP contribution in [0.15, 0.2) is 60.7 Å². The van der Waals surface area contributed by atoms with Gasteiger partial charge in [0.2, 0.25) is 0 Å². The molecule has 0 bridgehead atoms. The van der Waals surface area contributed by atoms with Gasteiger partial charge in [0, 0.05) is 12.0 Å². The second-order valence-corrected chi connectivity index (χ2v) is 5.67. The molecular weight excluding hydrogens is 330 g/mol. The highest BCUT2D eigenvalue weighted by Gasteiger charge is 2.08. The van der Waals surface area contributed by atoms with Crippen molar-refractivity contribution in [1.82, 2.24) is 0 Å². The molecule has 2 aromatic rings. The van der Waals surface area contributed by atoms with E-state index in [2.05, 4.69) is 12.6 Å². The third-order valence-corrected chi connectivity index (χ3v) is 3.57. The molecule has 2 rings (SSSR count). The molecule has 2 aromatic carbocycles. The Bertz CT molecular complexity index is 830. The van der Waals surface area contributed by atoms with Crippen molar-refractivity contribution in [2.45, 2.75) is 13.3 Å². The van der Waals surface area contributed by atoms with E-state index in [1.807, 2.05) is 24.3 Å². The van der Waals surface area contributed by atoms with Gasteiger partial charge in [0.05, 0.1) is 30.4 Å². The molecule has 0 radical (unpaired) electrons. The Labute approximate surface area is 152 Å². The predicted octanol–water partition coefficient (Wildman–Crippen LogP) is 3.89. The molecule has 0 atom stereocenters. The van der Waals surface area contributed by atoms with Gasteiger partial charge in [-0.3, -0.25) is 0 Å². The monoisotopic (exact) mass is 349 g/mol. The third-order valence-electron chi connectivity index (χ3n) is 3.57. The maximum absolute atomic E-state index is 12.0. The van der Waals surface area contributed by atoms with Crippen LogP contribution in [-0.4, -0.2) is 25.2 Å². The van der Waals surface area contributed by atoms with Gasteiger partial charge >= 0.3 is 11.9 Å². The first kappa shape index (κ1) is 18.9. The Balaban J connectivity index is 1.83.